The van der Waals surface area contributed by atoms with Crippen molar-refractivity contribution in [3.05, 3.63) is 29.8 Å². The molecular formula is C18H24N2O4. The van der Waals surface area contributed by atoms with Crippen LogP contribution in [0.25, 0.3) is 0 Å². The number of hydrogen-bond acceptors (Lipinski definition) is 3. The number of carboxylic acids is 1. The maximum atomic E-state index is 12.3. The summed E-state index contributed by atoms with van der Waals surface area (Å²) in [6, 6.07) is 7.77. The molecule has 6 nitrogen and oxygen atoms in total. The van der Waals surface area contributed by atoms with Gasteiger partial charge in [-0.2, -0.15) is 0 Å². The van der Waals surface area contributed by atoms with Crippen LogP contribution < -0.4 is 10.2 Å². The summed E-state index contributed by atoms with van der Waals surface area (Å²) in [6.07, 6.45) is 2.33. The highest BCUT2D eigenvalue weighted by molar-refractivity contribution is 6.00. The maximum Gasteiger partial charge on any atom is 0.303 e. The Morgan fingerprint density at radius 2 is 2.04 bits per heavy atom. The van der Waals surface area contributed by atoms with Crippen LogP contribution in [0.2, 0.25) is 0 Å². The molecule has 24 heavy (non-hydrogen) atoms. The average Bonchev–Trinajstić information content (AvgIpc) is 2.95. The van der Waals surface area contributed by atoms with Crippen molar-refractivity contribution in [2.24, 2.45) is 5.92 Å². The number of nitrogens with one attached hydrogen (secondary N) is 1. The number of rotatable bonds is 8. The normalized spacial score (nSPS) is 17.1. The minimum absolute atomic E-state index is 0.0260. The lowest BCUT2D eigenvalue weighted by molar-refractivity contribution is -0.137. The van der Waals surface area contributed by atoms with Gasteiger partial charge in [-0.05, 0) is 30.9 Å². The van der Waals surface area contributed by atoms with Crippen LogP contribution in [-0.4, -0.2) is 36.0 Å². The number of aliphatic carboxylic acids is 1. The van der Waals surface area contributed by atoms with Crippen LogP contribution in [0.3, 0.4) is 0 Å². The van der Waals surface area contributed by atoms with Crippen LogP contribution in [0.5, 0.6) is 0 Å². The molecule has 1 unspecified atom stereocenters. The molecule has 2 N–H and O–H groups in total. The molecule has 1 aromatic rings. The van der Waals surface area contributed by atoms with Crippen molar-refractivity contribution in [3.8, 4) is 0 Å². The largest absolute Gasteiger partial charge is 0.481 e. The molecule has 0 aromatic heterocycles. The van der Waals surface area contributed by atoms with Gasteiger partial charge in [-0.1, -0.05) is 25.1 Å². The van der Waals surface area contributed by atoms with E-state index in [9.17, 15) is 14.4 Å². The molecule has 1 aliphatic heterocycles. The van der Waals surface area contributed by atoms with E-state index in [0.717, 1.165) is 17.7 Å². The summed E-state index contributed by atoms with van der Waals surface area (Å²) in [5.74, 6) is -1.33. The summed E-state index contributed by atoms with van der Waals surface area (Å²) in [4.78, 5) is 36.6. The van der Waals surface area contributed by atoms with Gasteiger partial charge in [0.05, 0.1) is 5.92 Å². The molecule has 1 atom stereocenters. The fraction of sp³-hybridized carbons (Fsp3) is 0.500. The van der Waals surface area contributed by atoms with Gasteiger partial charge < -0.3 is 15.3 Å². The number of carbonyl (C=O) groups is 3. The molecule has 2 rings (SSSR count). The van der Waals surface area contributed by atoms with Crippen molar-refractivity contribution < 1.29 is 19.5 Å². The van der Waals surface area contributed by atoms with Crippen molar-refractivity contribution in [1.29, 1.82) is 0 Å². The van der Waals surface area contributed by atoms with E-state index < -0.39 is 5.97 Å². The highest BCUT2D eigenvalue weighted by atomic mass is 16.4. The lowest BCUT2D eigenvalue weighted by Gasteiger charge is -2.20. The van der Waals surface area contributed by atoms with E-state index in [1.807, 2.05) is 31.2 Å². The second-order valence-corrected chi connectivity index (χ2v) is 6.03. The van der Waals surface area contributed by atoms with Gasteiger partial charge in [-0.15, -0.1) is 0 Å². The number of anilines is 1. The molecule has 0 aliphatic carbocycles. The van der Waals surface area contributed by atoms with Crippen molar-refractivity contribution in [3.63, 3.8) is 0 Å². The van der Waals surface area contributed by atoms with Gasteiger partial charge in [0, 0.05) is 31.6 Å². The number of carbonyl (C=O) groups excluding carboxylic acids is 2. The molecule has 6 heteroatoms. The lowest BCUT2D eigenvalue weighted by atomic mass is 10.1. The Morgan fingerprint density at radius 3 is 2.75 bits per heavy atom. The predicted octanol–water partition coefficient (Wildman–Crippen LogP) is 1.97. The van der Waals surface area contributed by atoms with Gasteiger partial charge in [0.2, 0.25) is 11.8 Å². The first kappa shape index (κ1) is 18.0. The van der Waals surface area contributed by atoms with Crippen LogP contribution in [-0.2, 0) is 20.8 Å². The topological polar surface area (TPSA) is 86.7 Å². The minimum Gasteiger partial charge on any atom is -0.481 e. The van der Waals surface area contributed by atoms with E-state index in [4.69, 9.17) is 5.11 Å². The summed E-state index contributed by atoms with van der Waals surface area (Å²) in [7, 11) is 0. The summed E-state index contributed by atoms with van der Waals surface area (Å²) in [6.45, 7) is 2.89. The fourth-order valence-electron chi connectivity index (χ4n) is 2.95. The second-order valence-electron chi connectivity index (χ2n) is 6.03. The van der Waals surface area contributed by atoms with Crippen molar-refractivity contribution >= 4 is 23.5 Å². The number of benzene rings is 1. The molecule has 1 fully saturated rings. The molecule has 1 heterocycles. The van der Waals surface area contributed by atoms with Crippen LogP contribution >= 0.6 is 0 Å². The molecule has 0 spiro atoms. The van der Waals surface area contributed by atoms with Gasteiger partial charge in [-0.25, -0.2) is 0 Å². The molecule has 0 bridgehead atoms. The monoisotopic (exact) mass is 332 g/mol. The van der Waals surface area contributed by atoms with Crippen LogP contribution in [0, 0.1) is 5.92 Å². The van der Waals surface area contributed by atoms with Gasteiger partial charge in [0.15, 0.2) is 0 Å². The number of aryl methyl sites for hydroxylation is 1. The summed E-state index contributed by atoms with van der Waals surface area (Å²) < 4.78 is 0. The first-order valence-corrected chi connectivity index (χ1v) is 8.40. The summed E-state index contributed by atoms with van der Waals surface area (Å²) in [5, 5.41) is 11.4. The highest BCUT2D eigenvalue weighted by Gasteiger charge is 2.35. The Hall–Kier alpha value is -2.37. The van der Waals surface area contributed by atoms with Gasteiger partial charge in [-0.3, -0.25) is 14.4 Å². The van der Waals surface area contributed by atoms with Crippen LogP contribution in [0.1, 0.15) is 38.2 Å². The number of nitrogens with zero attached hydrogens (tertiary/aromatic N) is 1. The van der Waals surface area contributed by atoms with Crippen LogP contribution in [0.15, 0.2) is 24.3 Å². The van der Waals surface area contributed by atoms with Crippen molar-refractivity contribution in [2.75, 3.05) is 18.0 Å². The van der Waals surface area contributed by atoms with Crippen molar-refractivity contribution in [1.82, 2.24) is 5.32 Å². The first-order valence-electron chi connectivity index (χ1n) is 8.40. The van der Waals surface area contributed by atoms with Gasteiger partial charge in [0.25, 0.3) is 0 Å². The van der Waals surface area contributed by atoms with E-state index in [-0.39, 0.29) is 30.6 Å². The SMILES string of the molecule is CCc1ccccc1N1CC(C(=O)NCCCCC(=O)O)CC1=O. The Balaban J connectivity index is 1.87. The van der Waals surface area contributed by atoms with Gasteiger partial charge in [0.1, 0.15) is 0 Å². The molecule has 130 valence electrons. The van der Waals surface area contributed by atoms with E-state index in [1.165, 1.54) is 0 Å². The van der Waals surface area contributed by atoms with E-state index >= 15 is 0 Å². The fourth-order valence-corrected chi connectivity index (χ4v) is 2.95. The predicted molar refractivity (Wildman–Crippen MR) is 90.8 cm³/mol. The molecule has 0 saturated carbocycles. The third kappa shape index (κ3) is 4.57. The zero-order chi connectivity index (χ0) is 17.5. The Bertz CT molecular complexity index is 615. The third-order valence-electron chi connectivity index (χ3n) is 4.28. The smallest absolute Gasteiger partial charge is 0.303 e. The van der Waals surface area contributed by atoms with Gasteiger partial charge >= 0.3 is 5.97 Å². The van der Waals surface area contributed by atoms with Crippen molar-refractivity contribution in [2.45, 2.75) is 39.0 Å². The summed E-state index contributed by atoms with van der Waals surface area (Å²) >= 11 is 0. The zero-order valence-electron chi connectivity index (χ0n) is 14.0. The molecular weight excluding hydrogens is 308 g/mol. The number of unbranched alkanes of at least 4 members (excludes halogenated alkanes) is 1. The van der Waals surface area contributed by atoms with Crippen LogP contribution in [0.4, 0.5) is 5.69 Å². The zero-order valence-corrected chi connectivity index (χ0v) is 14.0. The number of carboxylic acid groups (broad SMARTS) is 1. The number of amides is 2. The first-order chi connectivity index (χ1) is 11.5. The Morgan fingerprint density at radius 1 is 1.29 bits per heavy atom. The average molecular weight is 332 g/mol. The number of para-hydroxylation sites is 1. The third-order valence-corrected chi connectivity index (χ3v) is 4.28. The lowest BCUT2D eigenvalue weighted by Crippen LogP contribution is -2.33. The van der Waals surface area contributed by atoms with E-state index in [0.29, 0.717) is 25.9 Å². The quantitative estimate of drug-likeness (QED) is 0.713. The highest BCUT2D eigenvalue weighted by Crippen LogP contribution is 2.28. The molecule has 1 aliphatic rings. The molecule has 0 radical (unpaired) electrons. The standard InChI is InChI=1S/C18H24N2O4/c1-2-13-7-3-4-8-15(13)20-12-14(11-16(20)21)18(24)19-10-6-5-9-17(22)23/h3-4,7-8,14H,2,5-6,9-12H2,1H3,(H,19,24)(H,22,23). The minimum atomic E-state index is -0.826. The number of hydrogen-bond donors (Lipinski definition) is 2. The maximum absolute atomic E-state index is 12.3. The van der Waals surface area contributed by atoms with E-state index in [1.54, 1.807) is 4.90 Å². The Kier molecular flexibility index (Phi) is 6.35. The Labute approximate surface area is 141 Å². The molecule has 1 aromatic carbocycles. The van der Waals surface area contributed by atoms with E-state index in [2.05, 4.69) is 5.32 Å². The molecule has 2 amide bonds. The summed E-state index contributed by atoms with van der Waals surface area (Å²) in [5.41, 5.74) is 1.99. The second kappa shape index (κ2) is 8.47. The molecule has 1 saturated heterocycles.